The average molecular weight is 730 g/mol. The number of fused-ring (bicyclic) bond motifs is 12. The summed E-state index contributed by atoms with van der Waals surface area (Å²) < 4.78 is 13.9. The van der Waals surface area contributed by atoms with Gasteiger partial charge < -0.3 is 9.15 Å². The van der Waals surface area contributed by atoms with Crippen molar-refractivity contribution in [2.24, 2.45) is 0 Å². The second kappa shape index (κ2) is 12.2. The minimum absolute atomic E-state index is 0.550. The molecule has 57 heavy (non-hydrogen) atoms. The molecule has 3 heterocycles. The highest BCUT2D eigenvalue weighted by Crippen LogP contribution is 2.63. The third kappa shape index (κ3) is 4.60. The van der Waals surface area contributed by atoms with Crippen LogP contribution in [0, 0.1) is 0 Å². The molecule has 0 saturated heterocycles. The SMILES string of the molecule is c1ccc(-c2nc(-c3ccccc3)nc(-c3ccc4c(c3)oc3c(-c5cccc6c5Oc5ccccc5C65c6ccccc6-c6ccccc65)cccc34)n2)cc1. The van der Waals surface area contributed by atoms with Crippen LogP contribution in [0.5, 0.6) is 11.5 Å². The van der Waals surface area contributed by atoms with Crippen LogP contribution in [0.3, 0.4) is 0 Å². The summed E-state index contributed by atoms with van der Waals surface area (Å²) in [5.41, 5.74) is 12.9. The Bertz CT molecular complexity index is 3120. The van der Waals surface area contributed by atoms with Crippen LogP contribution in [0.15, 0.2) is 192 Å². The summed E-state index contributed by atoms with van der Waals surface area (Å²) in [6, 6.07) is 65.4. The summed E-state index contributed by atoms with van der Waals surface area (Å²) in [6.45, 7) is 0. The Labute approximate surface area is 328 Å². The van der Waals surface area contributed by atoms with Crippen molar-refractivity contribution in [3.63, 3.8) is 0 Å². The second-order valence-corrected chi connectivity index (χ2v) is 14.7. The van der Waals surface area contributed by atoms with Gasteiger partial charge in [0.05, 0.1) is 5.41 Å². The van der Waals surface area contributed by atoms with E-state index in [1.807, 2.05) is 66.7 Å². The molecule has 10 aromatic rings. The lowest BCUT2D eigenvalue weighted by molar-refractivity contribution is 0.438. The molecule has 5 heteroatoms. The van der Waals surface area contributed by atoms with Crippen molar-refractivity contribution >= 4 is 21.9 Å². The van der Waals surface area contributed by atoms with Crippen LogP contribution < -0.4 is 4.74 Å². The van der Waals surface area contributed by atoms with Gasteiger partial charge in [-0.1, -0.05) is 170 Å². The van der Waals surface area contributed by atoms with E-state index in [-0.39, 0.29) is 0 Å². The monoisotopic (exact) mass is 729 g/mol. The zero-order chi connectivity index (χ0) is 37.5. The summed E-state index contributed by atoms with van der Waals surface area (Å²) in [5, 5.41) is 2.04. The van der Waals surface area contributed by atoms with Crippen LogP contribution in [0.2, 0.25) is 0 Å². The molecule has 8 aromatic carbocycles. The first-order valence-electron chi connectivity index (χ1n) is 19.2. The van der Waals surface area contributed by atoms with Gasteiger partial charge in [-0.05, 0) is 40.5 Å². The van der Waals surface area contributed by atoms with E-state index in [1.165, 1.54) is 22.3 Å². The van der Waals surface area contributed by atoms with Crippen molar-refractivity contribution in [3.8, 4) is 67.9 Å². The highest BCUT2D eigenvalue weighted by molar-refractivity contribution is 6.11. The zero-order valence-corrected chi connectivity index (χ0v) is 30.6. The number of ether oxygens (including phenoxy) is 1. The number of aromatic nitrogens is 3. The lowest BCUT2D eigenvalue weighted by Crippen LogP contribution is -2.32. The maximum atomic E-state index is 7.01. The van der Waals surface area contributed by atoms with Gasteiger partial charge in [-0.25, -0.2) is 15.0 Å². The van der Waals surface area contributed by atoms with Gasteiger partial charge in [0.25, 0.3) is 0 Å². The molecule has 0 radical (unpaired) electrons. The number of furan rings is 1. The molecule has 0 N–H and O–H groups in total. The van der Waals surface area contributed by atoms with E-state index < -0.39 is 5.41 Å². The number of benzene rings is 8. The maximum absolute atomic E-state index is 7.01. The first-order valence-corrected chi connectivity index (χ1v) is 19.2. The van der Waals surface area contributed by atoms with Crippen molar-refractivity contribution in [3.05, 3.63) is 210 Å². The largest absolute Gasteiger partial charge is 0.456 e. The molecule has 0 fully saturated rings. The highest BCUT2D eigenvalue weighted by Gasteiger charge is 2.51. The molecule has 0 amide bonds. The topological polar surface area (TPSA) is 61.0 Å². The molecule has 0 unspecified atom stereocenters. The summed E-state index contributed by atoms with van der Waals surface area (Å²) >= 11 is 0. The lowest BCUT2D eigenvalue weighted by atomic mass is 9.65. The van der Waals surface area contributed by atoms with Crippen LogP contribution >= 0.6 is 0 Å². The molecule has 0 bridgehead atoms. The van der Waals surface area contributed by atoms with Gasteiger partial charge in [-0.3, -0.25) is 0 Å². The lowest BCUT2D eigenvalue weighted by Gasteiger charge is -2.40. The first kappa shape index (κ1) is 31.7. The van der Waals surface area contributed by atoms with Crippen LogP contribution in [-0.4, -0.2) is 15.0 Å². The number of nitrogens with zero attached hydrogens (tertiary/aromatic N) is 3. The molecule has 1 spiro atoms. The Kier molecular flexibility index (Phi) is 6.78. The molecular weight excluding hydrogens is 699 g/mol. The third-order valence-corrected chi connectivity index (χ3v) is 11.6. The van der Waals surface area contributed by atoms with E-state index in [0.29, 0.717) is 17.5 Å². The first-order chi connectivity index (χ1) is 28.3. The van der Waals surface area contributed by atoms with Crippen LogP contribution in [-0.2, 0) is 5.41 Å². The Balaban J connectivity index is 1.05. The van der Waals surface area contributed by atoms with Crippen LogP contribution in [0.1, 0.15) is 22.3 Å². The molecule has 5 nitrogen and oxygen atoms in total. The fourth-order valence-corrected chi connectivity index (χ4v) is 9.18. The minimum atomic E-state index is -0.550. The Morgan fingerprint density at radius 1 is 0.368 bits per heavy atom. The van der Waals surface area contributed by atoms with E-state index in [1.54, 1.807) is 0 Å². The van der Waals surface area contributed by atoms with Crippen molar-refractivity contribution < 1.29 is 9.15 Å². The minimum Gasteiger partial charge on any atom is -0.456 e. The summed E-state index contributed by atoms with van der Waals surface area (Å²) in [6.07, 6.45) is 0. The van der Waals surface area contributed by atoms with Crippen molar-refractivity contribution in [1.82, 2.24) is 15.0 Å². The third-order valence-electron chi connectivity index (χ3n) is 11.6. The van der Waals surface area contributed by atoms with Gasteiger partial charge in [0.2, 0.25) is 0 Å². The number of hydrogen-bond donors (Lipinski definition) is 0. The molecule has 12 rings (SSSR count). The Morgan fingerprint density at radius 2 is 0.895 bits per heavy atom. The predicted molar refractivity (Wildman–Crippen MR) is 226 cm³/mol. The smallest absolute Gasteiger partial charge is 0.164 e. The number of rotatable bonds is 4. The van der Waals surface area contributed by atoms with Gasteiger partial charge in [0, 0.05) is 49.7 Å². The summed E-state index contributed by atoms with van der Waals surface area (Å²) in [7, 11) is 0. The van der Waals surface area contributed by atoms with Gasteiger partial charge in [-0.2, -0.15) is 0 Å². The van der Waals surface area contributed by atoms with Gasteiger partial charge in [0.15, 0.2) is 17.5 Å². The molecule has 2 aromatic heterocycles. The fraction of sp³-hybridized carbons (Fsp3) is 0.0192. The Morgan fingerprint density at radius 3 is 1.58 bits per heavy atom. The van der Waals surface area contributed by atoms with E-state index in [4.69, 9.17) is 24.1 Å². The van der Waals surface area contributed by atoms with Gasteiger partial charge in [-0.15, -0.1) is 0 Å². The van der Waals surface area contributed by atoms with E-state index in [2.05, 4.69) is 121 Å². The summed E-state index contributed by atoms with van der Waals surface area (Å²) in [5.74, 6) is 3.51. The highest BCUT2D eigenvalue weighted by atomic mass is 16.5. The quantitative estimate of drug-likeness (QED) is 0.180. The molecule has 2 aliphatic rings. The van der Waals surface area contributed by atoms with Crippen LogP contribution in [0.4, 0.5) is 0 Å². The summed E-state index contributed by atoms with van der Waals surface area (Å²) in [4.78, 5) is 14.8. The number of hydrogen-bond acceptors (Lipinski definition) is 5. The van der Waals surface area contributed by atoms with Gasteiger partial charge >= 0.3 is 0 Å². The Hall–Kier alpha value is -7.63. The van der Waals surface area contributed by atoms with Crippen LogP contribution in [0.25, 0.3) is 78.4 Å². The standard InChI is InChI=1S/C52H31N3O2/c1-3-15-32(16-4-1)49-53-50(33-17-5-2-6-18-33)55-51(54-49)34-29-30-37-38-21-13-22-39(47(38)57-46(37)31-34)40-23-14-27-44-48(40)56-45-28-12-11-26-43(45)52(44)41-24-9-7-19-35(41)36-20-8-10-25-42(36)52/h1-31H. The van der Waals surface area contributed by atoms with Crippen molar-refractivity contribution in [2.45, 2.75) is 5.41 Å². The molecule has 1 aliphatic carbocycles. The molecular formula is C52H31N3O2. The molecule has 1 aliphatic heterocycles. The zero-order valence-electron chi connectivity index (χ0n) is 30.6. The second-order valence-electron chi connectivity index (χ2n) is 14.7. The molecule has 266 valence electrons. The fourth-order valence-electron chi connectivity index (χ4n) is 9.18. The predicted octanol–water partition coefficient (Wildman–Crippen LogP) is 12.9. The van der Waals surface area contributed by atoms with E-state index >= 15 is 0 Å². The van der Waals surface area contributed by atoms with E-state index in [9.17, 15) is 0 Å². The van der Waals surface area contributed by atoms with Crippen molar-refractivity contribution in [1.29, 1.82) is 0 Å². The van der Waals surface area contributed by atoms with Crippen molar-refractivity contribution in [2.75, 3.05) is 0 Å². The molecule has 0 atom stereocenters. The molecule has 0 saturated carbocycles. The van der Waals surface area contributed by atoms with E-state index in [0.717, 1.165) is 72.4 Å². The maximum Gasteiger partial charge on any atom is 0.164 e. The normalized spacial score (nSPS) is 13.2. The average Bonchev–Trinajstić information content (AvgIpc) is 3.81. The van der Waals surface area contributed by atoms with Gasteiger partial charge in [0.1, 0.15) is 22.7 Å². The number of para-hydroxylation sites is 3.